The van der Waals surface area contributed by atoms with Crippen molar-refractivity contribution in [2.75, 3.05) is 18.0 Å². The summed E-state index contributed by atoms with van der Waals surface area (Å²) in [5.41, 5.74) is 0.967. The molecule has 142 valence electrons. The molecule has 2 aromatic carbocycles. The van der Waals surface area contributed by atoms with Gasteiger partial charge in [-0.2, -0.15) is 5.26 Å². The minimum absolute atomic E-state index is 0.179. The van der Waals surface area contributed by atoms with E-state index in [0.717, 1.165) is 10.5 Å². The van der Waals surface area contributed by atoms with Gasteiger partial charge in [-0.1, -0.05) is 48.0 Å². The number of urea groups is 1. The zero-order valence-corrected chi connectivity index (χ0v) is 15.7. The Morgan fingerprint density at radius 1 is 1.14 bits per heavy atom. The molecule has 1 aliphatic heterocycles. The second-order valence-electron chi connectivity index (χ2n) is 6.79. The Labute approximate surface area is 163 Å². The van der Waals surface area contributed by atoms with Crippen LogP contribution < -0.4 is 10.2 Å². The molecule has 0 radical (unpaired) electrons. The third-order valence-electron chi connectivity index (χ3n) is 4.80. The fourth-order valence-corrected chi connectivity index (χ4v) is 3.15. The highest BCUT2D eigenvalue weighted by Crippen LogP contribution is 2.29. The summed E-state index contributed by atoms with van der Waals surface area (Å²) in [4.78, 5) is 40.4. The van der Waals surface area contributed by atoms with Gasteiger partial charge in [0.15, 0.2) is 0 Å². The van der Waals surface area contributed by atoms with Crippen molar-refractivity contribution in [3.05, 3.63) is 65.7 Å². The predicted molar refractivity (Wildman–Crippen MR) is 103 cm³/mol. The number of hydrogen-bond acceptors (Lipinski definition) is 4. The standard InChI is InChI=1S/C21H20N4O3/c1-15-8-10-16(11-9-15)21(2)19(27)25(20(28)23-21)14-18(26)24(13-12-22)17-6-4-3-5-7-17/h3-11H,13-14H2,1-2H3,(H,23,28). The van der Waals surface area contributed by atoms with E-state index >= 15 is 0 Å². The summed E-state index contributed by atoms with van der Waals surface area (Å²) in [7, 11) is 0. The van der Waals surface area contributed by atoms with E-state index in [1.54, 1.807) is 49.4 Å². The molecule has 28 heavy (non-hydrogen) atoms. The lowest BCUT2D eigenvalue weighted by molar-refractivity contribution is -0.134. The zero-order chi connectivity index (χ0) is 20.3. The number of aryl methyl sites for hydroxylation is 1. The van der Waals surface area contributed by atoms with Crippen LogP contribution in [0.3, 0.4) is 0 Å². The van der Waals surface area contributed by atoms with E-state index in [-0.39, 0.29) is 6.54 Å². The Morgan fingerprint density at radius 3 is 2.39 bits per heavy atom. The highest BCUT2D eigenvalue weighted by molar-refractivity contribution is 6.10. The average Bonchev–Trinajstić information content (AvgIpc) is 2.91. The summed E-state index contributed by atoms with van der Waals surface area (Å²) in [6, 6.07) is 17.3. The van der Waals surface area contributed by atoms with E-state index in [1.807, 2.05) is 25.1 Å². The quantitative estimate of drug-likeness (QED) is 0.640. The second kappa shape index (κ2) is 7.53. The Morgan fingerprint density at radius 2 is 1.79 bits per heavy atom. The monoisotopic (exact) mass is 376 g/mol. The molecule has 1 unspecified atom stereocenters. The van der Waals surface area contributed by atoms with Gasteiger partial charge in [-0.05, 0) is 31.5 Å². The van der Waals surface area contributed by atoms with E-state index in [0.29, 0.717) is 11.3 Å². The SMILES string of the molecule is Cc1ccc(C2(C)NC(=O)N(CC(=O)N(CC#N)c3ccccc3)C2=O)cc1. The van der Waals surface area contributed by atoms with Crippen LogP contribution in [0.15, 0.2) is 54.6 Å². The van der Waals surface area contributed by atoms with Crippen LogP contribution in [-0.2, 0) is 15.1 Å². The molecule has 0 aromatic heterocycles. The predicted octanol–water partition coefficient (Wildman–Crippen LogP) is 2.32. The zero-order valence-electron chi connectivity index (χ0n) is 15.7. The van der Waals surface area contributed by atoms with Crippen LogP contribution in [0, 0.1) is 18.3 Å². The fourth-order valence-electron chi connectivity index (χ4n) is 3.15. The van der Waals surface area contributed by atoms with Crippen molar-refractivity contribution in [2.24, 2.45) is 0 Å². The van der Waals surface area contributed by atoms with Crippen LogP contribution in [0.1, 0.15) is 18.1 Å². The number of nitriles is 1. The fraction of sp³-hybridized carbons (Fsp3) is 0.238. The summed E-state index contributed by atoms with van der Waals surface area (Å²) in [5, 5.41) is 11.7. The molecule has 7 nitrogen and oxygen atoms in total. The molecule has 4 amide bonds. The number of imide groups is 1. The molecule has 0 spiro atoms. The summed E-state index contributed by atoms with van der Waals surface area (Å²) in [6.45, 7) is 2.93. The molecule has 2 aromatic rings. The molecule has 1 heterocycles. The molecule has 0 saturated carbocycles. The molecule has 1 fully saturated rings. The topological polar surface area (TPSA) is 93.5 Å². The molecule has 1 saturated heterocycles. The Balaban J connectivity index is 1.83. The molecular weight excluding hydrogens is 356 g/mol. The van der Waals surface area contributed by atoms with E-state index in [1.165, 1.54) is 4.90 Å². The number of hydrogen-bond donors (Lipinski definition) is 1. The molecule has 1 N–H and O–H groups in total. The number of para-hydroxylation sites is 1. The van der Waals surface area contributed by atoms with Gasteiger partial charge < -0.3 is 5.32 Å². The van der Waals surface area contributed by atoms with Crippen molar-refractivity contribution in [2.45, 2.75) is 19.4 Å². The molecule has 0 bridgehead atoms. The maximum absolute atomic E-state index is 13.0. The van der Waals surface area contributed by atoms with Crippen LogP contribution in [0.2, 0.25) is 0 Å². The van der Waals surface area contributed by atoms with Gasteiger partial charge in [0, 0.05) is 5.69 Å². The van der Waals surface area contributed by atoms with E-state index in [4.69, 9.17) is 5.26 Å². The minimum atomic E-state index is -1.24. The van der Waals surface area contributed by atoms with Crippen molar-refractivity contribution in [1.82, 2.24) is 10.2 Å². The molecular formula is C21H20N4O3. The Kier molecular flexibility index (Phi) is 5.14. The molecule has 1 aliphatic rings. The number of amides is 4. The first-order chi connectivity index (χ1) is 13.4. The number of rotatable bonds is 5. The normalized spacial score (nSPS) is 18.5. The van der Waals surface area contributed by atoms with Crippen LogP contribution in [0.4, 0.5) is 10.5 Å². The van der Waals surface area contributed by atoms with Gasteiger partial charge in [-0.25, -0.2) is 4.79 Å². The van der Waals surface area contributed by atoms with Crippen LogP contribution in [0.5, 0.6) is 0 Å². The second-order valence-corrected chi connectivity index (χ2v) is 6.79. The van der Waals surface area contributed by atoms with Crippen LogP contribution >= 0.6 is 0 Å². The highest BCUT2D eigenvalue weighted by atomic mass is 16.2. The molecule has 3 rings (SSSR count). The lowest BCUT2D eigenvalue weighted by Crippen LogP contribution is -2.44. The van der Waals surface area contributed by atoms with E-state index < -0.39 is 29.9 Å². The Hall–Kier alpha value is -3.66. The van der Waals surface area contributed by atoms with Gasteiger partial charge in [-0.15, -0.1) is 0 Å². The summed E-state index contributed by atoms with van der Waals surface area (Å²) >= 11 is 0. The van der Waals surface area contributed by atoms with Crippen LogP contribution in [-0.4, -0.2) is 35.8 Å². The van der Waals surface area contributed by atoms with Crippen molar-refractivity contribution in [1.29, 1.82) is 5.26 Å². The van der Waals surface area contributed by atoms with Gasteiger partial charge in [0.1, 0.15) is 18.6 Å². The number of anilines is 1. The lowest BCUT2D eigenvalue weighted by Gasteiger charge is -2.24. The van der Waals surface area contributed by atoms with Gasteiger partial charge in [0.25, 0.3) is 5.91 Å². The summed E-state index contributed by atoms with van der Waals surface area (Å²) in [6.07, 6.45) is 0. The Bertz CT molecular complexity index is 950. The number of benzene rings is 2. The third kappa shape index (κ3) is 3.45. The van der Waals surface area contributed by atoms with Gasteiger partial charge >= 0.3 is 6.03 Å². The minimum Gasteiger partial charge on any atom is -0.319 e. The first kappa shape index (κ1) is 19.1. The van der Waals surface area contributed by atoms with E-state index in [9.17, 15) is 14.4 Å². The average molecular weight is 376 g/mol. The number of carbonyl (C=O) groups excluding carboxylic acids is 3. The van der Waals surface area contributed by atoms with Gasteiger partial charge in [-0.3, -0.25) is 19.4 Å². The highest BCUT2D eigenvalue weighted by Gasteiger charge is 2.49. The number of carbonyl (C=O) groups is 3. The number of nitrogens with one attached hydrogen (secondary N) is 1. The summed E-state index contributed by atoms with van der Waals surface area (Å²) in [5.74, 6) is -1.01. The first-order valence-corrected chi connectivity index (χ1v) is 8.80. The number of nitrogens with zero attached hydrogens (tertiary/aromatic N) is 3. The maximum atomic E-state index is 13.0. The van der Waals surface area contributed by atoms with Crippen LogP contribution in [0.25, 0.3) is 0 Å². The smallest absolute Gasteiger partial charge is 0.319 e. The van der Waals surface area contributed by atoms with Gasteiger partial charge in [0.05, 0.1) is 6.07 Å². The molecule has 7 heteroatoms. The molecule has 0 aliphatic carbocycles. The third-order valence-corrected chi connectivity index (χ3v) is 4.80. The largest absolute Gasteiger partial charge is 0.325 e. The van der Waals surface area contributed by atoms with Crippen molar-refractivity contribution < 1.29 is 14.4 Å². The van der Waals surface area contributed by atoms with Crippen molar-refractivity contribution >= 4 is 23.5 Å². The van der Waals surface area contributed by atoms with E-state index in [2.05, 4.69) is 5.32 Å². The summed E-state index contributed by atoms with van der Waals surface area (Å²) < 4.78 is 0. The lowest BCUT2D eigenvalue weighted by atomic mass is 9.91. The maximum Gasteiger partial charge on any atom is 0.325 e. The molecule has 1 atom stereocenters. The van der Waals surface area contributed by atoms with Gasteiger partial charge in [0.2, 0.25) is 5.91 Å². The van der Waals surface area contributed by atoms with Crippen molar-refractivity contribution in [3.8, 4) is 6.07 Å². The van der Waals surface area contributed by atoms with Crippen molar-refractivity contribution in [3.63, 3.8) is 0 Å². The first-order valence-electron chi connectivity index (χ1n) is 8.80.